The molecule has 0 radical (unpaired) electrons. The van der Waals surface area contributed by atoms with Gasteiger partial charge in [-0.3, -0.25) is 4.79 Å². The molecule has 118 valence electrons. The second-order valence-corrected chi connectivity index (χ2v) is 7.24. The number of carbonyl (C=O) groups is 1. The average molecular weight is 344 g/mol. The van der Waals surface area contributed by atoms with E-state index in [1.165, 1.54) is 17.3 Å². The van der Waals surface area contributed by atoms with E-state index in [0.717, 1.165) is 14.6 Å². The normalized spacial score (nSPS) is 10.7. The van der Waals surface area contributed by atoms with Gasteiger partial charge in [0.1, 0.15) is 5.75 Å². The van der Waals surface area contributed by atoms with Crippen LogP contribution in [0.15, 0.2) is 46.8 Å². The van der Waals surface area contributed by atoms with Crippen molar-refractivity contribution in [1.82, 2.24) is 4.98 Å². The molecule has 1 heterocycles. The molecule has 0 saturated heterocycles. The van der Waals surface area contributed by atoms with Crippen LogP contribution in [-0.4, -0.2) is 23.8 Å². The fourth-order valence-electron chi connectivity index (χ4n) is 2.14. The first-order valence-electron chi connectivity index (χ1n) is 7.08. The summed E-state index contributed by atoms with van der Waals surface area (Å²) in [7, 11) is 1.59. The Hall–Kier alpha value is -2.05. The average Bonchev–Trinajstić information content (AvgIpc) is 2.95. The number of carbonyl (C=O) groups excluding carboxylic acids is 1. The van der Waals surface area contributed by atoms with E-state index in [4.69, 9.17) is 4.74 Å². The highest BCUT2D eigenvalue weighted by Gasteiger charge is 2.10. The van der Waals surface area contributed by atoms with Crippen molar-refractivity contribution in [3.8, 4) is 5.75 Å². The molecule has 1 aromatic heterocycles. The number of thioether (sulfide) groups is 1. The fraction of sp³-hybridized carbons (Fsp3) is 0.176. The number of anilines is 1. The van der Waals surface area contributed by atoms with Crippen LogP contribution in [0.4, 0.5) is 5.69 Å². The number of methoxy groups -OCH3 is 1. The number of fused-ring (bicyclic) bond motifs is 1. The van der Waals surface area contributed by atoms with Gasteiger partial charge in [-0.2, -0.15) is 0 Å². The molecule has 2 aromatic carbocycles. The predicted molar refractivity (Wildman–Crippen MR) is 96.7 cm³/mol. The molecule has 0 bridgehead atoms. The van der Waals surface area contributed by atoms with Crippen LogP contribution in [0.3, 0.4) is 0 Å². The van der Waals surface area contributed by atoms with E-state index in [-0.39, 0.29) is 5.91 Å². The van der Waals surface area contributed by atoms with Crippen molar-refractivity contribution in [2.24, 2.45) is 0 Å². The lowest BCUT2D eigenvalue weighted by Gasteiger charge is -2.09. The number of benzene rings is 2. The van der Waals surface area contributed by atoms with E-state index < -0.39 is 0 Å². The number of aryl methyl sites for hydroxylation is 1. The molecule has 1 amide bonds. The second-order valence-electron chi connectivity index (χ2n) is 4.99. The summed E-state index contributed by atoms with van der Waals surface area (Å²) in [4.78, 5) is 16.7. The Labute approximate surface area is 142 Å². The van der Waals surface area contributed by atoms with Crippen molar-refractivity contribution in [1.29, 1.82) is 0 Å². The molecule has 23 heavy (non-hydrogen) atoms. The van der Waals surface area contributed by atoms with Gasteiger partial charge in [-0.1, -0.05) is 30.0 Å². The zero-order chi connectivity index (χ0) is 16.2. The molecule has 4 nitrogen and oxygen atoms in total. The van der Waals surface area contributed by atoms with Gasteiger partial charge in [-0.05, 0) is 36.8 Å². The van der Waals surface area contributed by atoms with Crippen molar-refractivity contribution in [3.63, 3.8) is 0 Å². The Morgan fingerprint density at radius 2 is 2.13 bits per heavy atom. The second kappa shape index (κ2) is 7.02. The number of ether oxygens (including phenoxy) is 1. The molecular weight excluding hydrogens is 328 g/mol. The number of hydrogen-bond acceptors (Lipinski definition) is 5. The van der Waals surface area contributed by atoms with Gasteiger partial charge in [0, 0.05) is 0 Å². The molecule has 0 aliphatic heterocycles. The molecule has 3 aromatic rings. The van der Waals surface area contributed by atoms with Gasteiger partial charge in [0.05, 0.1) is 28.8 Å². The van der Waals surface area contributed by atoms with Gasteiger partial charge in [0.15, 0.2) is 4.34 Å². The molecule has 1 N–H and O–H groups in total. The molecule has 3 rings (SSSR count). The van der Waals surface area contributed by atoms with Crippen molar-refractivity contribution in [2.75, 3.05) is 18.2 Å². The van der Waals surface area contributed by atoms with Crippen LogP contribution in [0, 0.1) is 6.92 Å². The van der Waals surface area contributed by atoms with Crippen LogP contribution in [0.2, 0.25) is 0 Å². The Balaban J connectivity index is 1.63. The van der Waals surface area contributed by atoms with Gasteiger partial charge in [-0.15, -0.1) is 11.3 Å². The first-order chi connectivity index (χ1) is 11.2. The molecular formula is C17H16N2O2S2. The molecule has 0 aliphatic rings. The maximum atomic E-state index is 12.1. The maximum absolute atomic E-state index is 12.1. The van der Waals surface area contributed by atoms with E-state index in [1.807, 2.05) is 31.2 Å². The smallest absolute Gasteiger partial charge is 0.234 e. The monoisotopic (exact) mass is 344 g/mol. The zero-order valence-electron chi connectivity index (χ0n) is 12.8. The van der Waals surface area contributed by atoms with Gasteiger partial charge in [-0.25, -0.2) is 4.98 Å². The summed E-state index contributed by atoms with van der Waals surface area (Å²) in [6, 6.07) is 13.6. The first kappa shape index (κ1) is 15.8. The van der Waals surface area contributed by atoms with Gasteiger partial charge in [0.2, 0.25) is 5.91 Å². The molecule has 0 unspecified atom stereocenters. The van der Waals surface area contributed by atoms with Crippen molar-refractivity contribution in [2.45, 2.75) is 11.3 Å². The lowest BCUT2D eigenvalue weighted by atomic mass is 10.2. The summed E-state index contributed by atoms with van der Waals surface area (Å²) < 4.78 is 7.27. The SMILES string of the molecule is COc1ccccc1NC(=O)CSc1nc2cc(C)ccc2s1. The quantitative estimate of drug-likeness (QED) is 0.699. The number of amides is 1. The number of thiazole rings is 1. The van der Waals surface area contributed by atoms with Crippen molar-refractivity contribution >= 4 is 44.9 Å². The fourth-order valence-corrected chi connectivity index (χ4v) is 3.99. The van der Waals surface area contributed by atoms with Crippen LogP contribution < -0.4 is 10.1 Å². The highest BCUT2D eigenvalue weighted by atomic mass is 32.2. The number of nitrogens with zero attached hydrogens (tertiary/aromatic N) is 1. The van der Waals surface area contributed by atoms with Crippen LogP contribution in [0.25, 0.3) is 10.2 Å². The minimum atomic E-state index is -0.0741. The highest BCUT2D eigenvalue weighted by Crippen LogP contribution is 2.30. The van der Waals surface area contributed by atoms with E-state index >= 15 is 0 Å². The molecule has 0 atom stereocenters. The number of rotatable bonds is 5. The zero-order valence-corrected chi connectivity index (χ0v) is 14.5. The van der Waals surface area contributed by atoms with E-state index in [1.54, 1.807) is 18.4 Å². The van der Waals surface area contributed by atoms with Crippen LogP contribution in [0.1, 0.15) is 5.56 Å². The van der Waals surface area contributed by atoms with Crippen LogP contribution in [0.5, 0.6) is 5.75 Å². The molecule has 0 saturated carbocycles. The topological polar surface area (TPSA) is 51.2 Å². The Morgan fingerprint density at radius 3 is 2.96 bits per heavy atom. The van der Waals surface area contributed by atoms with E-state index in [2.05, 4.69) is 28.5 Å². The lowest BCUT2D eigenvalue weighted by molar-refractivity contribution is -0.113. The maximum Gasteiger partial charge on any atom is 0.234 e. The number of nitrogens with one attached hydrogen (secondary N) is 1. The summed E-state index contributed by atoms with van der Waals surface area (Å²) in [5.74, 6) is 0.896. The molecule has 0 aliphatic carbocycles. The van der Waals surface area contributed by atoms with Crippen molar-refractivity contribution < 1.29 is 9.53 Å². The molecule has 0 fully saturated rings. The van der Waals surface area contributed by atoms with Crippen molar-refractivity contribution in [3.05, 3.63) is 48.0 Å². The van der Waals surface area contributed by atoms with Gasteiger partial charge in [0.25, 0.3) is 0 Å². The minimum Gasteiger partial charge on any atom is -0.495 e. The van der Waals surface area contributed by atoms with Crippen LogP contribution in [-0.2, 0) is 4.79 Å². The Kier molecular flexibility index (Phi) is 4.83. The Morgan fingerprint density at radius 1 is 1.30 bits per heavy atom. The third-order valence-corrected chi connectivity index (χ3v) is 5.41. The number of hydrogen-bond donors (Lipinski definition) is 1. The minimum absolute atomic E-state index is 0.0741. The van der Waals surface area contributed by atoms with Gasteiger partial charge >= 0.3 is 0 Å². The Bertz CT molecular complexity index is 845. The summed E-state index contributed by atoms with van der Waals surface area (Å²) in [6.45, 7) is 2.05. The lowest BCUT2D eigenvalue weighted by Crippen LogP contribution is -2.14. The summed E-state index contributed by atoms with van der Waals surface area (Å²) in [6.07, 6.45) is 0. The number of para-hydroxylation sites is 2. The first-order valence-corrected chi connectivity index (χ1v) is 8.89. The third-order valence-electron chi connectivity index (χ3n) is 3.23. The van der Waals surface area contributed by atoms with E-state index in [9.17, 15) is 4.79 Å². The van der Waals surface area contributed by atoms with Gasteiger partial charge < -0.3 is 10.1 Å². The number of aromatic nitrogens is 1. The third kappa shape index (κ3) is 3.83. The summed E-state index contributed by atoms with van der Waals surface area (Å²) in [5.41, 5.74) is 2.86. The predicted octanol–water partition coefficient (Wildman–Crippen LogP) is 4.34. The highest BCUT2D eigenvalue weighted by molar-refractivity contribution is 8.01. The molecule has 6 heteroatoms. The summed E-state index contributed by atoms with van der Waals surface area (Å²) in [5, 5.41) is 2.87. The summed E-state index contributed by atoms with van der Waals surface area (Å²) >= 11 is 3.06. The molecule has 0 spiro atoms. The van der Waals surface area contributed by atoms with E-state index in [0.29, 0.717) is 17.2 Å². The van der Waals surface area contributed by atoms with Crippen LogP contribution >= 0.6 is 23.1 Å². The largest absolute Gasteiger partial charge is 0.495 e. The standard InChI is InChI=1S/C17H16N2O2S2/c1-11-7-8-15-13(9-11)19-17(23-15)22-10-16(20)18-12-5-3-4-6-14(12)21-2/h3-9H,10H2,1-2H3,(H,18,20).